The van der Waals surface area contributed by atoms with Gasteiger partial charge >= 0.3 is 0 Å². The van der Waals surface area contributed by atoms with Crippen molar-refractivity contribution >= 4 is 11.5 Å². The Morgan fingerprint density at radius 3 is 2.42 bits per heavy atom. The predicted molar refractivity (Wildman–Crippen MR) is 245 cm³/mol. The third-order valence-corrected chi connectivity index (χ3v) is 13.3. The highest BCUT2D eigenvalue weighted by Crippen LogP contribution is 2.49. The molecule has 5 unspecified atom stereocenters. The Bertz CT molecular complexity index is 2350. The molecule has 302 valence electrons. The third-order valence-electron chi connectivity index (χ3n) is 13.3. The minimum atomic E-state index is -0.113. The molecular weight excluding hydrogens is 721 g/mol. The minimum absolute atomic E-state index is 0.113. The largest absolute Gasteiger partial charge is 0.337 e. The maximum atomic E-state index is 5.45. The Balaban J connectivity index is 1.03. The quantitative estimate of drug-likeness (QED) is 0.274. The SMILES string of the molecule is CC/C=C1\C(CC)C(/C=C(\C)C2=CC3C(C=C2)c2ccccc2N3C2=CC=CCC2)=C(C)N1C1=CC=C(N2NN(C)C(c3ccccc3)N=C2C2=CC=CCC2C)CC1. The summed E-state index contributed by atoms with van der Waals surface area (Å²) in [7, 11) is 2.10. The fourth-order valence-corrected chi connectivity index (χ4v) is 10.3. The summed E-state index contributed by atoms with van der Waals surface area (Å²) in [6, 6.07) is 19.9. The lowest BCUT2D eigenvalue weighted by Gasteiger charge is -2.43. The Kier molecular flexibility index (Phi) is 11.0. The van der Waals surface area contributed by atoms with E-state index in [1.165, 1.54) is 67.6 Å². The van der Waals surface area contributed by atoms with Gasteiger partial charge in [0.25, 0.3) is 0 Å². The number of anilines is 1. The van der Waals surface area contributed by atoms with Gasteiger partial charge in [-0.1, -0.05) is 130 Å². The van der Waals surface area contributed by atoms with Crippen LogP contribution in [0.2, 0.25) is 0 Å². The van der Waals surface area contributed by atoms with Crippen molar-refractivity contribution in [2.75, 3.05) is 11.9 Å². The summed E-state index contributed by atoms with van der Waals surface area (Å²) < 4.78 is 0. The van der Waals surface area contributed by atoms with Crippen LogP contribution >= 0.6 is 0 Å². The third kappa shape index (κ3) is 7.21. The average molecular weight is 781 g/mol. The molecule has 6 nitrogen and oxygen atoms in total. The van der Waals surface area contributed by atoms with E-state index in [0.717, 1.165) is 50.8 Å². The van der Waals surface area contributed by atoms with Crippen LogP contribution in [0.15, 0.2) is 189 Å². The molecule has 3 heterocycles. The minimum Gasteiger partial charge on any atom is -0.337 e. The molecule has 59 heavy (non-hydrogen) atoms. The number of hydrazine groups is 2. The van der Waals surface area contributed by atoms with Crippen molar-refractivity contribution in [3.63, 3.8) is 0 Å². The maximum absolute atomic E-state index is 5.45. The van der Waals surface area contributed by atoms with Gasteiger partial charge in [0, 0.05) is 53.1 Å². The molecule has 0 amide bonds. The van der Waals surface area contributed by atoms with Crippen LogP contribution in [-0.4, -0.2) is 33.8 Å². The van der Waals surface area contributed by atoms with E-state index < -0.39 is 0 Å². The van der Waals surface area contributed by atoms with Crippen molar-refractivity contribution in [1.82, 2.24) is 20.5 Å². The van der Waals surface area contributed by atoms with Crippen molar-refractivity contribution < 1.29 is 0 Å². The predicted octanol–water partition coefficient (Wildman–Crippen LogP) is 12.4. The number of aliphatic imine (C=N–C) groups is 1. The average Bonchev–Trinajstić information content (AvgIpc) is 3.74. The zero-order chi connectivity index (χ0) is 40.6. The van der Waals surface area contributed by atoms with E-state index in [0.29, 0.717) is 17.8 Å². The molecule has 0 saturated heterocycles. The van der Waals surface area contributed by atoms with Gasteiger partial charge in [0.05, 0.1) is 6.04 Å². The molecule has 4 aliphatic carbocycles. The van der Waals surface area contributed by atoms with Gasteiger partial charge < -0.3 is 9.80 Å². The van der Waals surface area contributed by atoms with Crippen LogP contribution in [-0.2, 0) is 0 Å². The Morgan fingerprint density at radius 2 is 1.68 bits per heavy atom. The second kappa shape index (κ2) is 16.7. The first-order valence-corrected chi connectivity index (χ1v) is 22.1. The summed E-state index contributed by atoms with van der Waals surface area (Å²) >= 11 is 0. The van der Waals surface area contributed by atoms with Gasteiger partial charge in [0.1, 0.15) is 12.0 Å². The number of benzene rings is 2. The van der Waals surface area contributed by atoms with Gasteiger partial charge in [-0.3, -0.25) is 0 Å². The van der Waals surface area contributed by atoms with Gasteiger partial charge in [-0.05, 0) is 122 Å². The van der Waals surface area contributed by atoms with E-state index in [1.54, 1.807) is 0 Å². The maximum Gasteiger partial charge on any atom is 0.149 e. The van der Waals surface area contributed by atoms with E-state index in [9.17, 15) is 0 Å². The van der Waals surface area contributed by atoms with Crippen LogP contribution in [0.4, 0.5) is 5.69 Å². The van der Waals surface area contributed by atoms with Crippen LogP contribution < -0.4 is 10.4 Å². The molecule has 0 bridgehead atoms. The zero-order valence-electron chi connectivity index (χ0n) is 35.8. The Hall–Kier alpha value is -5.43. The first-order valence-electron chi connectivity index (χ1n) is 22.1. The first-order chi connectivity index (χ1) is 28.9. The van der Waals surface area contributed by atoms with Crippen molar-refractivity contribution in [1.29, 1.82) is 0 Å². The number of para-hydroxylation sites is 1. The number of rotatable bonds is 9. The molecule has 0 fully saturated rings. The van der Waals surface area contributed by atoms with Crippen LogP contribution in [0.5, 0.6) is 0 Å². The van der Waals surface area contributed by atoms with Crippen molar-refractivity contribution in [2.45, 2.75) is 97.7 Å². The Labute approximate surface area is 352 Å². The number of allylic oxidation sites excluding steroid dienone is 18. The zero-order valence-corrected chi connectivity index (χ0v) is 35.8. The molecule has 5 atom stereocenters. The van der Waals surface area contributed by atoms with E-state index in [4.69, 9.17) is 4.99 Å². The van der Waals surface area contributed by atoms with Gasteiger partial charge in [0.2, 0.25) is 0 Å². The molecule has 1 N–H and O–H groups in total. The second-order valence-electron chi connectivity index (χ2n) is 17.0. The standard InChI is InChI=1S/C53H60N6/c1-7-19-49-44(8-2)48(34-37(4)40-28-33-47-46-26-17-18-27-50(46)58(51(47)35-40)41-23-13-10-14-24-41)38(5)57(49)42-29-31-43(32-30-42)59-53(45-25-16-15-20-36(45)3)54-52(56(6)55-59)39-21-11-9-12-22-39/h9-13,15-19,21-23,25-29,31,33-36,44,47,51-52,55H,7-8,14,20,24,30,32H2,1-6H3/b37-34+,49-19+. The number of fused-ring (bicyclic) bond motifs is 3. The lowest BCUT2D eigenvalue weighted by atomic mass is 9.85. The number of amidine groups is 1. The van der Waals surface area contributed by atoms with Gasteiger partial charge in [-0.15, -0.1) is 0 Å². The Morgan fingerprint density at radius 1 is 0.898 bits per heavy atom. The summed E-state index contributed by atoms with van der Waals surface area (Å²) in [5.41, 5.74) is 19.9. The number of hydrogen-bond donors (Lipinski definition) is 1. The summed E-state index contributed by atoms with van der Waals surface area (Å²) in [5, 5.41) is 4.38. The van der Waals surface area contributed by atoms with Gasteiger partial charge in [-0.25, -0.2) is 15.0 Å². The topological polar surface area (TPSA) is 37.4 Å². The highest BCUT2D eigenvalue weighted by atomic mass is 15.8. The molecule has 0 spiro atoms. The smallest absolute Gasteiger partial charge is 0.149 e. The van der Waals surface area contributed by atoms with E-state index in [-0.39, 0.29) is 12.2 Å². The van der Waals surface area contributed by atoms with Crippen LogP contribution in [0.1, 0.15) is 103 Å². The molecule has 7 aliphatic rings. The van der Waals surface area contributed by atoms with Crippen LogP contribution in [0, 0.1) is 11.8 Å². The lowest BCUT2D eigenvalue weighted by molar-refractivity contribution is 0.0589. The number of nitrogens with zero attached hydrogens (tertiary/aromatic N) is 5. The van der Waals surface area contributed by atoms with E-state index in [2.05, 4.69) is 201 Å². The summed E-state index contributed by atoms with van der Waals surface area (Å²) in [4.78, 5) is 10.7. The number of hydrogen-bond acceptors (Lipinski definition) is 6. The van der Waals surface area contributed by atoms with Crippen LogP contribution in [0.25, 0.3) is 0 Å². The summed E-state index contributed by atoms with van der Waals surface area (Å²) in [6.07, 6.45) is 37.6. The second-order valence-corrected chi connectivity index (χ2v) is 17.0. The molecule has 0 aromatic heterocycles. The fraction of sp³-hybridized carbons (Fsp3) is 0.340. The highest BCUT2D eigenvalue weighted by molar-refractivity contribution is 6.00. The normalized spacial score (nSPS) is 27.7. The molecule has 9 rings (SSSR count). The highest BCUT2D eigenvalue weighted by Gasteiger charge is 2.40. The summed E-state index contributed by atoms with van der Waals surface area (Å²) in [5.74, 6) is 2.12. The van der Waals surface area contributed by atoms with Crippen molar-refractivity contribution in [3.8, 4) is 0 Å². The molecule has 2 aromatic carbocycles. The molecule has 2 aromatic rings. The lowest BCUT2D eigenvalue weighted by Crippen LogP contribution is -2.56. The molecule has 0 radical (unpaired) electrons. The molecule has 0 saturated carbocycles. The monoisotopic (exact) mass is 780 g/mol. The van der Waals surface area contributed by atoms with Gasteiger partial charge in [-0.2, -0.15) is 5.53 Å². The van der Waals surface area contributed by atoms with Crippen LogP contribution in [0.3, 0.4) is 0 Å². The molecule has 6 heteroatoms. The van der Waals surface area contributed by atoms with Crippen molar-refractivity contribution in [2.24, 2.45) is 16.8 Å². The first kappa shape index (κ1) is 39.1. The van der Waals surface area contributed by atoms with Gasteiger partial charge in [0.15, 0.2) is 0 Å². The van der Waals surface area contributed by atoms with E-state index >= 15 is 0 Å². The fourth-order valence-electron chi connectivity index (χ4n) is 10.3. The molecule has 3 aliphatic heterocycles. The van der Waals surface area contributed by atoms with E-state index in [1.807, 2.05) is 0 Å². The summed E-state index contributed by atoms with van der Waals surface area (Å²) in [6.45, 7) is 11.6. The van der Waals surface area contributed by atoms with Crippen molar-refractivity contribution in [3.05, 3.63) is 195 Å². The molecular formula is C53H60N6. The number of nitrogens with one attached hydrogen (secondary N) is 1.